The van der Waals surface area contributed by atoms with Gasteiger partial charge < -0.3 is 15.8 Å². The number of thioether (sulfide) groups is 1. The molecule has 2 amide bonds. The first-order chi connectivity index (χ1) is 15.1. The summed E-state index contributed by atoms with van der Waals surface area (Å²) in [6.07, 6.45) is 4.58. The van der Waals surface area contributed by atoms with Gasteiger partial charge >= 0.3 is 6.09 Å². The van der Waals surface area contributed by atoms with Crippen molar-refractivity contribution in [3.63, 3.8) is 0 Å². The van der Waals surface area contributed by atoms with E-state index in [-0.39, 0.29) is 11.5 Å². The zero-order valence-electron chi connectivity index (χ0n) is 19.0. The van der Waals surface area contributed by atoms with Crippen molar-refractivity contribution in [1.29, 1.82) is 0 Å². The molecule has 1 heterocycles. The molecule has 1 aromatic carbocycles. The number of benzene rings is 1. The van der Waals surface area contributed by atoms with E-state index in [0.29, 0.717) is 18.0 Å². The van der Waals surface area contributed by atoms with Crippen LogP contribution in [0.15, 0.2) is 47.6 Å². The van der Waals surface area contributed by atoms with Gasteiger partial charge in [-0.25, -0.2) is 14.8 Å². The number of aromatic nitrogens is 2. The highest BCUT2D eigenvalue weighted by Crippen LogP contribution is 2.30. The number of alkyl carbamates (subject to hydrolysis) is 1. The highest BCUT2D eigenvalue weighted by molar-refractivity contribution is 7.99. The van der Waals surface area contributed by atoms with Crippen molar-refractivity contribution in [3.8, 4) is 11.3 Å². The molecular formula is C22H30N6O3S. The van der Waals surface area contributed by atoms with Gasteiger partial charge in [0.05, 0.1) is 11.9 Å². The standard InChI is InChI=1S/C22H30N6O3S/c1-6-12-28(5)27-20(29)18-19(23)25-14-16(26-18)15-9-7-8-10-17(15)32-13-11-24-21(30)31-22(2,3)4/h6-10,12,14H,11,13H2,1-5H3,(H2,23,25)(H,24,30)(H,27,29)/b12-6-. The van der Waals surface area contributed by atoms with Crippen molar-refractivity contribution in [1.82, 2.24) is 25.7 Å². The molecule has 2 rings (SSSR count). The monoisotopic (exact) mass is 458 g/mol. The van der Waals surface area contributed by atoms with Gasteiger partial charge in [0, 0.05) is 36.0 Å². The summed E-state index contributed by atoms with van der Waals surface area (Å²) in [5, 5.41) is 4.25. The number of hydrazine groups is 1. The highest BCUT2D eigenvalue weighted by atomic mass is 32.2. The van der Waals surface area contributed by atoms with Crippen LogP contribution in [0.3, 0.4) is 0 Å². The second-order valence-corrected chi connectivity index (χ2v) is 8.93. The first kappa shape index (κ1) is 25.0. The molecule has 172 valence electrons. The Morgan fingerprint density at radius 1 is 1.28 bits per heavy atom. The molecule has 32 heavy (non-hydrogen) atoms. The van der Waals surface area contributed by atoms with Crippen LogP contribution in [0.1, 0.15) is 38.2 Å². The van der Waals surface area contributed by atoms with E-state index in [1.54, 1.807) is 37.3 Å². The van der Waals surface area contributed by atoms with Crippen molar-refractivity contribution in [2.75, 3.05) is 25.1 Å². The molecule has 0 aliphatic carbocycles. The Labute approximate surface area is 192 Å². The van der Waals surface area contributed by atoms with Gasteiger partial charge in [-0.2, -0.15) is 0 Å². The molecule has 10 heteroatoms. The predicted molar refractivity (Wildman–Crippen MR) is 127 cm³/mol. The second-order valence-electron chi connectivity index (χ2n) is 7.80. The minimum absolute atomic E-state index is 0.0465. The summed E-state index contributed by atoms with van der Waals surface area (Å²) < 4.78 is 5.24. The minimum Gasteiger partial charge on any atom is -0.444 e. The van der Waals surface area contributed by atoms with Crippen LogP contribution in [0.5, 0.6) is 0 Å². The van der Waals surface area contributed by atoms with Gasteiger partial charge in [0.1, 0.15) is 5.60 Å². The number of hydrogen-bond acceptors (Lipinski definition) is 8. The van der Waals surface area contributed by atoms with Crippen molar-refractivity contribution < 1.29 is 14.3 Å². The first-order valence-corrected chi connectivity index (χ1v) is 11.1. The van der Waals surface area contributed by atoms with Crippen LogP contribution in [0.4, 0.5) is 10.6 Å². The van der Waals surface area contributed by atoms with E-state index in [9.17, 15) is 9.59 Å². The molecule has 0 saturated carbocycles. The number of hydrogen-bond donors (Lipinski definition) is 3. The molecule has 0 fully saturated rings. The van der Waals surface area contributed by atoms with Crippen LogP contribution in [0.2, 0.25) is 0 Å². The molecule has 9 nitrogen and oxygen atoms in total. The Kier molecular flexibility index (Phi) is 8.89. The Bertz CT molecular complexity index is 974. The van der Waals surface area contributed by atoms with Crippen molar-refractivity contribution in [3.05, 3.63) is 48.4 Å². The summed E-state index contributed by atoms with van der Waals surface area (Å²) in [7, 11) is 1.70. The number of nitrogens with one attached hydrogen (secondary N) is 2. The summed E-state index contributed by atoms with van der Waals surface area (Å²) in [6, 6.07) is 7.65. The number of carbonyl (C=O) groups is 2. The summed E-state index contributed by atoms with van der Waals surface area (Å²) in [4.78, 5) is 33.9. The van der Waals surface area contributed by atoms with Gasteiger partial charge in [-0.15, -0.1) is 11.8 Å². The van der Waals surface area contributed by atoms with E-state index in [4.69, 9.17) is 10.5 Å². The summed E-state index contributed by atoms with van der Waals surface area (Å²) >= 11 is 1.55. The van der Waals surface area contributed by atoms with E-state index in [1.807, 2.05) is 52.0 Å². The third-order valence-electron chi connectivity index (χ3n) is 3.86. The maximum absolute atomic E-state index is 12.6. The van der Waals surface area contributed by atoms with Crippen LogP contribution < -0.4 is 16.5 Å². The van der Waals surface area contributed by atoms with Gasteiger partial charge in [-0.3, -0.25) is 15.2 Å². The zero-order valence-corrected chi connectivity index (χ0v) is 19.8. The summed E-state index contributed by atoms with van der Waals surface area (Å²) in [5.41, 5.74) is 9.42. The van der Waals surface area contributed by atoms with Gasteiger partial charge in [-0.1, -0.05) is 24.3 Å². The number of nitrogens with two attached hydrogens (primary N) is 1. The Balaban J connectivity index is 2.11. The fraction of sp³-hybridized carbons (Fsp3) is 0.364. The largest absolute Gasteiger partial charge is 0.444 e. The summed E-state index contributed by atoms with van der Waals surface area (Å²) in [6.45, 7) is 7.73. The number of rotatable bonds is 8. The van der Waals surface area contributed by atoms with Gasteiger partial charge in [-0.05, 0) is 33.8 Å². The molecule has 0 atom stereocenters. The number of nitrogen functional groups attached to an aromatic ring is 1. The van der Waals surface area contributed by atoms with Crippen LogP contribution in [-0.2, 0) is 4.74 Å². The maximum atomic E-state index is 12.6. The Morgan fingerprint density at radius 3 is 2.69 bits per heavy atom. The Morgan fingerprint density at radius 2 is 2.00 bits per heavy atom. The number of allylic oxidation sites excluding steroid dienone is 1. The molecule has 2 aromatic rings. The van der Waals surface area contributed by atoms with Gasteiger partial charge in [0.2, 0.25) is 0 Å². The average molecular weight is 459 g/mol. The molecule has 4 N–H and O–H groups in total. The fourth-order valence-corrected chi connectivity index (χ4v) is 3.53. The number of carbonyl (C=O) groups excluding carboxylic acids is 2. The lowest BCUT2D eigenvalue weighted by Gasteiger charge is -2.19. The minimum atomic E-state index is -0.538. The van der Waals surface area contributed by atoms with E-state index < -0.39 is 17.6 Å². The van der Waals surface area contributed by atoms with E-state index >= 15 is 0 Å². The second kappa shape index (κ2) is 11.4. The Hall–Kier alpha value is -3.27. The lowest BCUT2D eigenvalue weighted by Crippen LogP contribution is -2.36. The molecular weight excluding hydrogens is 428 g/mol. The quantitative estimate of drug-likeness (QED) is 0.312. The number of amides is 2. The molecule has 0 radical (unpaired) electrons. The predicted octanol–water partition coefficient (Wildman–Crippen LogP) is 3.45. The topological polar surface area (TPSA) is 122 Å². The lowest BCUT2D eigenvalue weighted by atomic mass is 10.1. The number of anilines is 1. The molecule has 1 aromatic heterocycles. The maximum Gasteiger partial charge on any atom is 0.407 e. The van der Waals surface area contributed by atoms with Crippen LogP contribution in [-0.4, -0.2) is 51.9 Å². The van der Waals surface area contributed by atoms with E-state index in [2.05, 4.69) is 20.7 Å². The highest BCUT2D eigenvalue weighted by Gasteiger charge is 2.18. The fourth-order valence-electron chi connectivity index (χ4n) is 2.60. The molecule has 0 aliphatic rings. The van der Waals surface area contributed by atoms with Crippen LogP contribution >= 0.6 is 11.8 Å². The molecule has 0 unspecified atom stereocenters. The smallest absolute Gasteiger partial charge is 0.407 e. The molecule has 0 aliphatic heterocycles. The summed E-state index contributed by atoms with van der Waals surface area (Å²) in [5.74, 6) is 0.219. The third kappa shape index (κ3) is 7.77. The SMILES string of the molecule is C/C=C\N(C)NC(=O)c1nc(-c2ccccc2SCCNC(=O)OC(C)(C)C)cnc1N. The van der Waals surface area contributed by atoms with Crippen molar-refractivity contribution in [2.24, 2.45) is 0 Å². The van der Waals surface area contributed by atoms with Crippen molar-refractivity contribution >= 4 is 29.6 Å². The zero-order chi connectivity index (χ0) is 23.7. The van der Waals surface area contributed by atoms with Crippen LogP contribution in [0, 0.1) is 0 Å². The van der Waals surface area contributed by atoms with Gasteiger partial charge in [0.25, 0.3) is 5.91 Å². The third-order valence-corrected chi connectivity index (χ3v) is 4.93. The first-order valence-electron chi connectivity index (χ1n) is 10.1. The van der Waals surface area contributed by atoms with E-state index in [1.165, 1.54) is 5.01 Å². The molecule has 0 spiro atoms. The number of ether oxygens (including phenoxy) is 1. The van der Waals surface area contributed by atoms with Gasteiger partial charge in [0.15, 0.2) is 11.5 Å². The van der Waals surface area contributed by atoms with Crippen LogP contribution in [0.25, 0.3) is 11.3 Å². The van der Waals surface area contributed by atoms with E-state index in [0.717, 1.165) is 10.5 Å². The van der Waals surface area contributed by atoms with Crippen molar-refractivity contribution in [2.45, 2.75) is 38.2 Å². The number of nitrogens with zero attached hydrogens (tertiary/aromatic N) is 3. The molecule has 0 saturated heterocycles. The normalized spacial score (nSPS) is 11.3. The average Bonchev–Trinajstić information content (AvgIpc) is 2.70. The lowest BCUT2D eigenvalue weighted by molar-refractivity contribution is 0.0531. The molecule has 0 bridgehead atoms.